The predicted molar refractivity (Wildman–Crippen MR) is 133 cm³/mol. The van der Waals surface area contributed by atoms with E-state index in [1.54, 1.807) is 0 Å². The van der Waals surface area contributed by atoms with E-state index in [1.807, 2.05) is 12.5 Å². The van der Waals surface area contributed by atoms with Crippen molar-refractivity contribution in [3.05, 3.63) is 24.2 Å². The number of fused-ring (bicyclic) bond motifs is 3. The van der Waals surface area contributed by atoms with Gasteiger partial charge in [0, 0.05) is 18.6 Å². The highest BCUT2D eigenvalue weighted by molar-refractivity contribution is 5.35. The van der Waals surface area contributed by atoms with E-state index in [0.717, 1.165) is 24.4 Å². The van der Waals surface area contributed by atoms with Gasteiger partial charge in [-0.3, -0.25) is 0 Å². The second-order valence-corrected chi connectivity index (χ2v) is 13.4. The zero-order valence-corrected chi connectivity index (χ0v) is 21.5. The summed E-state index contributed by atoms with van der Waals surface area (Å²) >= 11 is 0. The molecule has 188 valence electrons. The smallest absolute Gasteiger partial charge is 0.104 e. The van der Waals surface area contributed by atoms with Crippen LogP contribution in [0, 0.1) is 28.6 Å². The first-order valence-electron chi connectivity index (χ1n) is 14.6. The van der Waals surface area contributed by atoms with Crippen LogP contribution in [0.25, 0.3) is 0 Å². The minimum Gasteiger partial charge on any atom is -0.472 e. The van der Waals surface area contributed by atoms with E-state index >= 15 is 0 Å². The minimum absolute atomic E-state index is 0.148. The predicted octanol–water partition coefficient (Wildman–Crippen LogP) is 6.41. The first-order chi connectivity index (χ1) is 16.5. The van der Waals surface area contributed by atoms with Gasteiger partial charge in [-0.15, -0.1) is 0 Å². The molecule has 1 aromatic rings. The number of hydrogen-bond acceptors (Lipinski definition) is 4. The van der Waals surface area contributed by atoms with Crippen LogP contribution in [0.4, 0.5) is 0 Å². The molecule has 0 bridgehead atoms. The highest BCUT2D eigenvalue weighted by Gasteiger charge is 2.80. The molecule has 3 heterocycles. The molecular formula is C30H45NO3. The molecule has 6 aliphatic rings. The van der Waals surface area contributed by atoms with Crippen LogP contribution < -0.4 is 0 Å². The topological polar surface area (TPSA) is 38.1 Å². The van der Waals surface area contributed by atoms with Crippen LogP contribution >= 0.6 is 0 Å². The molecule has 0 amide bonds. The van der Waals surface area contributed by atoms with Crippen molar-refractivity contribution >= 4 is 0 Å². The van der Waals surface area contributed by atoms with Crippen molar-refractivity contribution in [2.75, 3.05) is 26.2 Å². The molecule has 6 fully saturated rings. The van der Waals surface area contributed by atoms with Crippen molar-refractivity contribution in [2.45, 2.75) is 108 Å². The second kappa shape index (κ2) is 8.08. The van der Waals surface area contributed by atoms with E-state index in [1.165, 1.54) is 95.8 Å². The van der Waals surface area contributed by atoms with E-state index < -0.39 is 0 Å². The van der Waals surface area contributed by atoms with E-state index in [-0.39, 0.29) is 11.0 Å². The Hall–Kier alpha value is -0.840. The summed E-state index contributed by atoms with van der Waals surface area (Å²) in [7, 11) is 0. The SMILES string of the molecule is C[C@]12CC[C@H](OCCCN3CCCC3)C[C@H]1CC[C@@H]1[C@@H]2CC[C@]2(C)[C@@H](c3ccoc3)C[C@H]3O[C@]132. The molecule has 0 N–H and O–H groups in total. The maximum absolute atomic E-state index is 6.74. The maximum Gasteiger partial charge on any atom is 0.104 e. The number of hydrogen-bond donors (Lipinski definition) is 0. The molecule has 4 aliphatic carbocycles. The zero-order chi connectivity index (χ0) is 23.0. The van der Waals surface area contributed by atoms with E-state index in [0.29, 0.717) is 23.5 Å². The van der Waals surface area contributed by atoms with Crippen molar-refractivity contribution in [1.29, 1.82) is 0 Å². The quantitative estimate of drug-likeness (QED) is 0.358. The van der Waals surface area contributed by atoms with Crippen LogP contribution in [0.3, 0.4) is 0 Å². The monoisotopic (exact) mass is 467 g/mol. The molecule has 1 aromatic heterocycles. The number of nitrogens with zero attached hydrogens (tertiary/aromatic N) is 1. The Bertz CT molecular complexity index is 880. The van der Waals surface area contributed by atoms with Gasteiger partial charge in [0.1, 0.15) is 5.60 Å². The molecule has 4 saturated carbocycles. The lowest BCUT2D eigenvalue weighted by Gasteiger charge is -2.61. The molecule has 34 heavy (non-hydrogen) atoms. The van der Waals surface area contributed by atoms with Gasteiger partial charge in [-0.1, -0.05) is 13.8 Å². The fourth-order valence-electron chi connectivity index (χ4n) is 10.3. The van der Waals surface area contributed by atoms with Crippen molar-refractivity contribution in [1.82, 2.24) is 4.90 Å². The lowest BCUT2D eigenvalue weighted by atomic mass is 9.44. The zero-order valence-electron chi connectivity index (χ0n) is 21.5. The summed E-state index contributed by atoms with van der Waals surface area (Å²) in [5.74, 6) is 3.05. The van der Waals surface area contributed by atoms with Crippen molar-refractivity contribution in [3.63, 3.8) is 0 Å². The summed E-state index contributed by atoms with van der Waals surface area (Å²) < 4.78 is 18.7. The largest absolute Gasteiger partial charge is 0.472 e. The van der Waals surface area contributed by atoms with Crippen LogP contribution in [0.5, 0.6) is 0 Å². The Morgan fingerprint density at radius 1 is 1.03 bits per heavy atom. The molecule has 9 atom stereocenters. The summed E-state index contributed by atoms with van der Waals surface area (Å²) in [6.07, 6.45) is 19.4. The van der Waals surface area contributed by atoms with Gasteiger partial charge in [-0.2, -0.15) is 0 Å². The van der Waals surface area contributed by atoms with Gasteiger partial charge in [-0.05, 0) is 124 Å². The van der Waals surface area contributed by atoms with Gasteiger partial charge in [0.05, 0.1) is 24.7 Å². The number of rotatable bonds is 6. The molecule has 1 spiro atoms. The summed E-state index contributed by atoms with van der Waals surface area (Å²) in [6, 6.07) is 2.21. The van der Waals surface area contributed by atoms with Gasteiger partial charge >= 0.3 is 0 Å². The highest BCUT2D eigenvalue weighted by Crippen LogP contribution is 2.78. The maximum atomic E-state index is 6.74. The first-order valence-corrected chi connectivity index (χ1v) is 14.6. The van der Waals surface area contributed by atoms with E-state index in [9.17, 15) is 0 Å². The lowest BCUT2D eigenvalue weighted by molar-refractivity contribution is -0.145. The summed E-state index contributed by atoms with van der Waals surface area (Å²) in [5, 5.41) is 0. The number of furan rings is 1. The van der Waals surface area contributed by atoms with Crippen LogP contribution in [0.1, 0.15) is 96.0 Å². The van der Waals surface area contributed by atoms with E-state index in [4.69, 9.17) is 13.9 Å². The Morgan fingerprint density at radius 3 is 2.74 bits per heavy atom. The third kappa shape index (κ3) is 3.13. The van der Waals surface area contributed by atoms with Gasteiger partial charge in [0.15, 0.2) is 0 Å². The van der Waals surface area contributed by atoms with Crippen LogP contribution in [-0.4, -0.2) is 49.0 Å². The number of likely N-dealkylation sites (tertiary alicyclic amines) is 1. The van der Waals surface area contributed by atoms with Gasteiger partial charge in [0.25, 0.3) is 0 Å². The Morgan fingerprint density at radius 2 is 1.91 bits per heavy atom. The van der Waals surface area contributed by atoms with Gasteiger partial charge in [-0.25, -0.2) is 0 Å². The fourth-order valence-corrected chi connectivity index (χ4v) is 10.3. The molecule has 0 radical (unpaired) electrons. The molecule has 4 nitrogen and oxygen atoms in total. The average Bonchev–Trinajstić information content (AvgIpc) is 3.26. The Kier molecular flexibility index (Phi) is 5.32. The van der Waals surface area contributed by atoms with Crippen LogP contribution in [0.15, 0.2) is 23.0 Å². The van der Waals surface area contributed by atoms with Gasteiger partial charge < -0.3 is 18.8 Å². The molecule has 0 aromatic carbocycles. The van der Waals surface area contributed by atoms with Crippen molar-refractivity contribution in [2.24, 2.45) is 28.6 Å². The standard InChI is InChI=1S/C30H45NO3/c1-28-11-8-23(33-16-5-15-31-13-3-4-14-31)18-22(28)6-7-25-24(28)9-12-29(2)26(21-10-17-32-20-21)19-27-30(25,29)34-27/h10,17,20,22-27H,3-9,11-16,18-19H2,1-2H3/t22-,23+,24+,25-,26-,27-,28+,29-,30-/m1/s1. The van der Waals surface area contributed by atoms with E-state index in [2.05, 4.69) is 24.8 Å². The second-order valence-electron chi connectivity index (χ2n) is 13.4. The fraction of sp³-hybridized carbons (Fsp3) is 0.867. The molecule has 4 heteroatoms. The lowest BCUT2D eigenvalue weighted by Crippen LogP contribution is -2.58. The van der Waals surface area contributed by atoms with Crippen molar-refractivity contribution < 1.29 is 13.9 Å². The Balaban J connectivity index is 1.01. The van der Waals surface area contributed by atoms with Crippen molar-refractivity contribution in [3.8, 4) is 0 Å². The molecule has 2 aliphatic heterocycles. The highest BCUT2D eigenvalue weighted by atomic mass is 16.6. The van der Waals surface area contributed by atoms with Crippen LogP contribution in [-0.2, 0) is 9.47 Å². The number of epoxide rings is 1. The summed E-state index contributed by atoms with van der Waals surface area (Å²) in [5.41, 5.74) is 2.33. The minimum atomic E-state index is 0.148. The van der Waals surface area contributed by atoms with Crippen LogP contribution in [0.2, 0.25) is 0 Å². The number of ether oxygens (including phenoxy) is 2. The third-order valence-electron chi connectivity index (χ3n) is 12.2. The summed E-state index contributed by atoms with van der Waals surface area (Å²) in [4.78, 5) is 2.62. The average molecular weight is 468 g/mol. The molecule has 7 rings (SSSR count). The molecular weight excluding hydrogens is 422 g/mol. The molecule has 2 saturated heterocycles. The third-order valence-corrected chi connectivity index (χ3v) is 12.2. The van der Waals surface area contributed by atoms with Gasteiger partial charge in [0.2, 0.25) is 0 Å². The molecule has 0 unspecified atom stereocenters. The Labute approximate surface area is 206 Å². The first kappa shape index (κ1) is 22.4. The summed E-state index contributed by atoms with van der Waals surface area (Å²) in [6.45, 7) is 10.0. The normalized spacial score (nSPS) is 49.8.